The van der Waals surface area contributed by atoms with E-state index in [1.54, 1.807) is 47.4 Å². The molecule has 1 aliphatic rings. The van der Waals surface area contributed by atoms with Crippen LogP contribution in [-0.4, -0.2) is 38.9 Å². The minimum absolute atomic E-state index is 0. The molecule has 1 saturated heterocycles. The molecule has 3 rings (SSSR count). The Labute approximate surface area is 166 Å². The number of benzene rings is 2. The lowest BCUT2D eigenvalue weighted by Gasteiger charge is -2.22. The number of anilines is 1. The summed E-state index contributed by atoms with van der Waals surface area (Å²) >= 11 is 0. The summed E-state index contributed by atoms with van der Waals surface area (Å²) in [6, 6.07) is 14.6. The molecular formula is C19H24ClN3O3S. The monoisotopic (exact) mass is 409 g/mol. The Morgan fingerprint density at radius 1 is 1.15 bits per heavy atom. The number of rotatable bonds is 5. The first-order valence-corrected chi connectivity index (χ1v) is 9.99. The number of hydrogen-bond acceptors (Lipinski definition) is 4. The number of carbonyl (C=O) groups excluding carboxylic acids is 1. The number of carbonyl (C=O) groups is 1. The fourth-order valence-electron chi connectivity index (χ4n) is 3.04. The van der Waals surface area contributed by atoms with Gasteiger partial charge in [0, 0.05) is 24.3 Å². The van der Waals surface area contributed by atoms with Gasteiger partial charge in [0.2, 0.25) is 0 Å². The van der Waals surface area contributed by atoms with Crippen LogP contribution in [0.1, 0.15) is 23.7 Å². The van der Waals surface area contributed by atoms with Crippen LogP contribution in [0.4, 0.5) is 5.69 Å². The Morgan fingerprint density at radius 2 is 1.78 bits per heavy atom. The van der Waals surface area contributed by atoms with E-state index in [4.69, 9.17) is 5.73 Å². The van der Waals surface area contributed by atoms with Crippen molar-refractivity contribution in [3.05, 3.63) is 60.2 Å². The van der Waals surface area contributed by atoms with E-state index < -0.39 is 10.0 Å². The van der Waals surface area contributed by atoms with Crippen molar-refractivity contribution in [2.24, 2.45) is 11.1 Å². The second kappa shape index (κ2) is 8.29. The molecule has 0 aromatic heterocycles. The maximum atomic E-state index is 12.6. The van der Waals surface area contributed by atoms with Crippen LogP contribution in [-0.2, 0) is 10.0 Å². The summed E-state index contributed by atoms with van der Waals surface area (Å²) in [6.07, 6.45) is 0.893. The zero-order valence-electron chi connectivity index (χ0n) is 15.1. The normalized spacial score (nSPS) is 19.4. The van der Waals surface area contributed by atoms with E-state index in [0.717, 1.165) is 6.42 Å². The van der Waals surface area contributed by atoms with Crippen LogP contribution in [0, 0.1) is 5.41 Å². The predicted molar refractivity (Wildman–Crippen MR) is 109 cm³/mol. The van der Waals surface area contributed by atoms with Crippen LogP contribution in [0.25, 0.3) is 0 Å². The molecular weight excluding hydrogens is 386 g/mol. The predicted octanol–water partition coefficient (Wildman–Crippen LogP) is 2.72. The summed E-state index contributed by atoms with van der Waals surface area (Å²) in [5.74, 6) is -0.0559. The Morgan fingerprint density at radius 3 is 2.33 bits per heavy atom. The van der Waals surface area contributed by atoms with E-state index in [-0.39, 0.29) is 28.6 Å². The summed E-state index contributed by atoms with van der Waals surface area (Å²) in [5.41, 5.74) is 6.72. The first-order chi connectivity index (χ1) is 12.3. The molecule has 1 atom stereocenters. The van der Waals surface area contributed by atoms with Crippen molar-refractivity contribution in [1.29, 1.82) is 0 Å². The molecule has 2 aromatic carbocycles. The number of halogens is 1. The standard InChI is InChI=1S/C19H23N3O3S.ClH/c1-19(13-20)11-12-22(14-19)18(23)15-7-9-16(10-8-15)21-26(24,25)17-5-3-2-4-6-17;/h2-10,21H,11-14,20H2,1H3;1H. The van der Waals surface area contributed by atoms with Crippen molar-refractivity contribution in [1.82, 2.24) is 4.90 Å². The molecule has 0 spiro atoms. The minimum Gasteiger partial charge on any atom is -0.338 e. The smallest absolute Gasteiger partial charge is 0.261 e. The van der Waals surface area contributed by atoms with E-state index in [1.165, 1.54) is 12.1 Å². The summed E-state index contributed by atoms with van der Waals surface area (Å²) in [7, 11) is -3.64. The van der Waals surface area contributed by atoms with Gasteiger partial charge in [-0.3, -0.25) is 9.52 Å². The first-order valence-electron chi connectivity index (χ1n) is 8.50. The number of hydrogen-bond donors (Lipinski definition) is 2. The van der Waals surface area contributed by atoms with Crippen molar-refractivity contribution >= 4 is 34.0 Å². The van der Waals surface area contributed by atoms with Gasteiger partial charge in [0.1, 0.15) is 0 Å². The molecule has 1 heterocycles. The maximum Gasteiger partial charge on any atom is 0.261 e. The summed E-state index contributed by atoms with van der Waals surface area (Å²) in [6.45, 7) is 3.97. The number of nitrogens with zero attached hydrogens (tertiary/aromatic N) is 1. The van der Waals surface area contributed by atoms with Gasteiger partial charge in [0.05, 0.1) is 4.90 Å². The third-order valence-corrected chi connectivity index (χ3v) is 6.17. The lowest BCUT2D eigenvalue weighted by atomic mass is 9.90. The largest absolute Gasteiger partial charge is 0.338 e. The zero-order chi connectivity index (χ0) is 18.8. The van der Waals surface area contributed by atoms with Crippen LogP contribution in [0.5, 0.6) is 0 Å². The molecule has 8 heteroatoms. The van der Waals surface area contributed by atoms with Crippen LogP contribution in [0.15, 0.2) is 59.5 Å². The van der Waals surface area contributed by atoms with Crippen LogP contribution in [0.3, 0.4) is 0 Å². The SMILES string of the molecule is CC1(CN)CCN(C(=O)c2ccc(NS(=O)(=O)c3ccccc3)cc2)C1.Cl. The van der Waals surface area contributed by atoms with E-state index in [9.17, 15) is 13.2 Å². The first kappa shape index (κ1) is 21.2. The Bertz CT molecular complexity index is 888. The molecule has 2 aromatic rings. The molecule has 6 nitrogen and oxygen atoms in total. The van der Waals surface area contributed by atoms with Crippen LogP contribution in [0.2, 0.25) is 0 Å². The molecule has 146 valence electrons. The van der Waals surface area contributed by atoms with Gasteiger partial charge in [-0.25, -0.2) is 8.42 Å². The van der Waals surface area contributed by atoms with Gasteiger partial charge in [-0.05, 0) is 54.8 Å². The lowest BCUT2D eigenvalue weighted by molar-refractivity contribution is 0.0777. The van der Waals surface area contributed by atoms with Gasteiger partial charge in [0.15, 0.2) is 0 Å². The fraction of sp³-hybridized carbons (Fsp3) is 0.316. The minimum atomic E-state index is -3.64. The maximum absolute atomic E-state index is 12.6. The van der Waals surface area contributed by atoms with Gasteiger partial charge in [-0.2, -0.15) is 0 Å². The number of amides is 1. The third kappa shape index (κ3) is 4.80. The summed E-state index contributed by atoms with van der Waals surface area (Å²) < 4.78 is 27.2. The number of nitrogens with one attached hydrogen (secondary N) is 1. The van der Waals surface area contributed by atoms with Crippen LogP contribution >= 0.6 is 12.4 Å². The van der Waals surface area contributed by atoms with Gasteiger partial charge in [-0.1, -0.05) is 25.1 Å². The van der Waals surface area contributed by atoms with Gasteiger partial charge in [-0.15, -0.1) is 12.4 Å². The van der Waals surface area contributed by atoms with E-state index >= 15 is 0 Å². The highest BCUT2D eigenvalue weighted by molar-refractivity contribution is 7.92. The molecule has 0 bridgehead atoms. The third-order valence-electron chi connectivity index (χ3n) is 4.78. The number of nitrogens with two attached hydrogens (primary N) is 1. The molecule has 27 heavy (non-hydrogen) atoms. The van der Waals surface area contributed by atoms with E-state index in [0.29, 0.717) is 30.9 Å². The highest BCUT2D eigenvalue weighted by Gasteiger charge is 2.35. The van der Waals surface area contributed by atoms with Gasteiger partial charge < -0.3 is 10.6 Å². The number of likely N-dealkylation sites (tertiary alicyclic amines) is 1. The Hall–Kier alpha value is -2.09. The Balaban J connectivity index is 0.00000261. The molecule has 0 saturated carbocycles. The van der Waals surface area contributed by atoms with Crippen molar-refractivity contribution in [2.45, 2.75) is 18.2 Å². The molecule has 1 fully saturated rings. The highest BCUT2D eigenvalue weighted by Crippen LogP contribution is 2.29. The van der Waals surface area contributed by atoms with E-state index in [2.05, 4.69) is 11.6 Å². The van der Waals surface area contributed by atoms with E-state index in [1.807, 2.05) is 0 Å². The molecule has 1 aliphatic heterocycles. The second-order valence-electron chi connectivity index (χ2n) is 6.99. The van der Waals surface area contributed by atoms with Crippen molar-refractivity contribution in [3.63, 3.8) is 0 Å². The Kier molecular flexibility index (Phi) is 6.51. The summed E-state index contributed by atoms with van der Waals surface area (Å²) in [5, 5.41) is 0. The van der Waals surface area contributed by atoms with Crippen LogP contribution < -0.4 is 10.5 Å². The van der Waals surface area contributed by atoms with Gasteiger partial charge >= 0.3 is 0 Å². The van der Waals surface area contributed by atoms with Gasteiger partial charge in [0.25, 0.3) is 15.9 Å². The van der Waals surface area contributed by atoms with Crippen molar-refractivity contribution < 1.29 is 13.2 Å². The molecule has 0 radical (unpaired) electrons. The molecule has 1 unspecified atom stereocenters. The van der Waals surface area contributed by atoms with Crippen molar-refractivity contribution in [2.75, 3.05) is 24.4 Å². The average molecular weight is 410 g/mol. The zero-order valence-corrected chi connectivity index (χ0v) is 16.7. The quantitative estimate of drug-likeness (QED) is 0.794. The average Bonchev–Trinajstić information content (AvgIpc) is 3.05. The lowest BCUT2D eigenvalue weighted by Crippen LogP contribution is -2.34. The molecule has 3 N–H and O–H groups in total. The second-order valence-corrected chi connectivity index (χ2v) is 8.67. The topological polar surface area (TPSA) is 92.5 Å². The van der Waals surface area contributed by atoms with Crippen molar-refractivity contribution in [3.8, 4) is 0 Å². The number of sulfonamides is 1. The summed E-state index contributed by atoms with van der Waals surface area (Å²) in [4.78, 5) is 14.6. The molecule has 1 amide bonds. The fourth-order valence-corrected chi connectivity index (χ4v) is 4.12. The molecule has 0 aliphatic carbocycles. The highest BCUT2D eigenvalue weighted by atomic mass is 35.5.